The van der Waals surface area contributed by atoms with Crippen LogP contribution in [0.15, 0.2) is 48.5 Å². The zero-order chi connectivity index (χ0) is 18.1. The number of nitrogens with one attached hydrogen (secondary N) is 1. The SMILES string of the molecule is COc1cccc(OC)c1C1SCC(=O)N1Cc1cc2ccccc2[nH]1. The highest BCUT2D eigenvalue weighted by Crippen LogP contribution is 2.47. The Hall–Kier alpha value is -2.60. The van der Waals surface area contributed by atoms with E-state index in [1.807, 2.05) is 41.3 Å². The van der Waals surface area contributed by atoms with Gasteiger partial charge in [0.15, 0.2) is 0 Å². The van der Waals surface area contributed by atoms with E-state index in [9.17, 15) is 4.79 Å². The average molecular weight is 368 g/mol. The van der Waals surface area contributed by atoms with Crippen LogP contribution in [0.5, 0.6) is 11.5 Å². The van der Waals surface area contributed by atoms with Crippen molar-refractivity contribution in [2.75, 3.05) is 20.0 Å². The molecule has 26 heavy (non-hydrogen) atoms. The molecule has 1 aliphatic rings. The van der Waals surface area contributed by atoms with Crippen molar-refractivity contribution in [3.05, 3.63) is 59.8 Å². The van der Waals surface area contributed by atoms with E-state index in [1.165, 1.54) is 0 Å². The Balaban J connectivity index is 1.70. The molecule has 3 aromatic rings. The van der Waals surface area contributed by atoms with Crippen molar-refractivity contribution >= 4 is 28.6 Å². The lowest BCUT2D eigenvalue weighted by Gasteiger charge is -2.26. The molecular weight excluding hydrogens is 348 g/mol. The first-order chi connectivity index (χ1) is 12.7. The minimum Gasteiger partial charge on any atom is -0.496 e. The Morgan fingerprint density at radius 1 is 1.12 bits per heavy atom. The minimum absolute atomic E-state index is 0.117. The topological polar surface area (TPSA) is 54.6 Å². The Kier molecular flexibility index (Phi) is 4.51. The van der Waals surface area contributed by atoms with Crippen LogP contribution in [0.1, 0.15) is 16.6 Å². The van der Waals surface area contributed by atoms with Crippen molar-refractivity contribution in [1.29, 1.82) is 0 Å². The standard InChI is InChI=1S/C20H20N2O3S/c1-24-16-8-5-9-17(25-2)19(16)20-22(18(23)12-26-20)11-14-10-13-6-3-4-7-15(13)21-14/h3-10,20-21H,11-12H2,1-2H3. The number of rotatable bonds is 5. The summed E-state index contributed by atoms with van der Waals surface area (Å²) in [5.74, 6) is 2.04. The second-order valence-corrected chi connectivity index (χ2v) is 7.21. The number of H-pyrrole nitrogens is 1. The molecule has 4 rings (SSSR count). The van der Waals surface area contributed by atoms with E-state index in [2.05, 4.69) is 17.1 Å². The van der Waals surface area contributed by atoms with Gasteiger partial charge in [0.05, 0.1) is 32.1 Å². The zero-order valence-corrected chi connectivity index (χ0v) is 15.5. The fraction of sp³-hybridized carbons (Fsp3) is 0.250. The molecule has 1 aliphatic heterocycles. The van der Waals surface area contributed by atoms with Gasteiger partial charge in [-0.1, -0.05) is 24.3 Å². The fourth-order valence-electron chi connectivity index (χ4n) is 3.39. The summed E-state index contributed by atoms with van der Waals surface area (Å²) in [6.45, 7) is 0.520. The molecular formula is C20H20N2O3S. The number of fused-ring (bicyclic) bond motifs is 1. The molecule has 2 aromatic carbocycles. The Bertz CT molecular complexity index is 898. The van der Waals surface area contributed by atoms with Crippen LogP contribution >= 0.6 is 11.8 Å². The summed E-state index contributed by atoms with van der Waals surface area (Å²) in [6, 6.07) is 15.9. The summed E-state index contributed by atoms with van der Waals surface area (Å²) in [5, 5.41) is 1.01. The predicted octanol–water partition coefficient (Wildman–Crippen LogP) is 3.96. The molecule has 0 aliphatic carbocycles. The number of aromatic amines is 1. The van der Waals surface area contributed by atoms with E-state index >= 15 is 0 Å². The van der Waals surface area contributed by atoms with Gasteiger partial charge in [-0.3, -0.25) is 4.79 Å². The molecule has 1 amide bonds. The molecule has 1 N–H and O–H groups in total. The van der Waals surface area contributed by atoms with Crippen molar-refractivity contribution in [2.45, 2.75) is 11.9 Å². The maximum atomic E-state index is 12.6. The number of thioether (sulfide) groups is 1. The number of ether oxygens (including phenoxy) is 2. The first-order valence-corrected chi connectivity index (χ1v) is 9.44. The van der Waals surface area contributed by atoms with Crippen LogP contribution in [0.4, 0.5) is 0 Å². The molecule has 5 nitrogen and oxygen atoms in total. The lowest BCUT2D eigenvalue weighted by atomic mass is 10.1. The number of benzene rings is 2. The number of methoxy groups -OCH3 is 2. The third-order valence-electron chi connectivity index (χ3n) is 4.61. The van der Waals surface area contributed by atoms with Crippen LogP contribution in [0, 0.1) is 0 Å². The number of hydrogen-bond acceptors (Lipinski definition) is 4. The normalized spacial score (nSPS) is 17.1. The van der Waals surface area contributed by atoms with Gasteiger partial charge in [0.1, 0.15) is 16.9 Å². The van der Waals surface area contributed by atoms with Gasteiger partial charge in [-0.15, -0.1) is 11.8 Å². The average Bonchev–Trinajstić information content (AvgIpc) is 3.24. The smallest absolute Gasteiger partial charge is 0.234 e. The Morgan fingerprint density at radius 3 is 2.54 bits per heavy atom. The molecule has 2 heterocycles. The van der Waals surface area contributed by atoms with E-state index < -0.39 is 0 Å². The molecule has 0 spiro atoms. The van der Waals surface area contributed by atoms with Gasteiger partial charge < -0.3 is 19.4 Å². The summed E-state index contributed by atoms with van der Waals surface area (Å²) in [5.41, 5.74) is 3.00. The number of hydrogen-bond donors (Lipinski definition) is 1. The van der Waals surface area contributed by atoms with Crippen LogP contribution in [0.2, 0.25) is 0 Å². The maximum Gasteiger partial charge on any atom is 0.234 e. The molecule has 0 saturated carbocycles. The van der Waals surface area contributed by atoms with Crippen molar-refractivity contribution in [3.8, 4) is 11.5 Å². The largest absolute Gasteiger partial charge is 0.496 e. The highest BCUT2D eigenvalue weighted by molar-refractivity contribution is 8.00. The second-order valence-electron chi connectivity index (χ2n) is 6.14. The van der Waals surface area contributed by atoms with Crippen molar-refractivity contribution < 1.29 is 14.3 Å². The first kappa shape index (κ1) is 16.8. The summed E-state index contributed by atoms with van der Waals surface area (Å²) in [7, 11) is 3.28. The lowest BCUT2D eigenvalue weighted by Crippen LogP contribution is -2.28. The molecule has 1 unspecified atom stereocenters. The van der Waals surface area contributed by atoms with E-state index in [0.29, 0.717) is 12.3 Å². The number of para-hydroxylation sites is 1. The van der Waals surface area contributed by atoms with Gasteiger partial charge in [0.2, 0.25) is 5.91 Å². The maximum absolute atomic E-state index is 12.6. The van der Waals surface area contributed by atoms with Crippen molar-refractivity contribution in [3.63, 3.8) is 0 Å². The van der Waals surface area contributed by atoms with Gasteiger partial charge in [0.25, 0.3) is 0 Å². The number of carbonyl (C=O) groups excluding carboxylic acids is 1. The van der Waals surface area contributed by atoms with Gasteiger partial charge in [-0.2, -0.15) is 0 Å². The predicted molar refractivity (Wildman–Crippen MR) is 104 cm³/mol. The molecule has 1 atom stereocenters. The molecule has 134 valence electrons. The molecule has 1 aromatic heterocycles. The molecule has 0 radical (unpaired) electrons. The Morgan fingerprint density at radius 2 is 1.85 bits per heavy atom. The molecule has 0 bridgehead atoms. The van der Waals surface area contributed by atoms with E-state index in [1.54, 1.807) is 26.0 Å². The third kappa shape index (κ3) is 2.90. The summed E-state index contributed by atoms with van der Waals surface area (Å²) in [6.07, 6.45) is 0. The quantitative estimate of drug-likeness (QED) is 0.741. The van der Waals surface area contributed by atoms with Gasteiger partial charge in [-0.05, 0) is 29.7 Å². The highest BCUT2D eigenvalue weighted by atomic mass is 32.2. The summed E-state index contributed by atoms with van der Waals surface area (Å²) in [4.78, 5) is 17.9. The van der Waals surface area contributed by atoms with Crippen LogP contribution in [-0.2, 0) is 11.3 Å². The Labute approximate surface area is 156 Å². The van der Waals surface area contributed by atoms with Crippen molar-refractivity contribution in [2.24, 2.45) is 0 Å². The third-order valence-corrected chi connectivity index (χ3v) is 5.83. The van der Waals surface area contributed by atoms with E-state index in [4.69, 9.17) is 9.47 Å². The van der Waals surface area contributed by atoms with Gasteiger partial charge in [-0.25, -0.2) is 0 Å². The number of amides is 1. The van der Waals surface area contributed by atoms with Gasteiger partial charge in [0, 0.05) is 11.2 Å². The van der Waals surface area contributed by atoms with Crippen LogP contribution < -0.4 is 9.47 Å². The van der Waals surface area contributed by atoms with Gasteiger partial charge >= 0.3 is 0 Å². The molecule has 6 heteroatoms. The van der Waals surface area contributed by atoms with Crippen LogP contribution in [0.3, 0.4) is 0 Å². The summed E-state index contributed by atoms with van der Waals surface area (Å²) < 4.78 is 11.1. The van der Waals surface area contributed by atoms with Crippen LogP contribution in [0.25, 0.3) is 10.9 Å². The van der Waals surface area contributed by atoms with E-state index in [0.717, 1.165) is 33.7 Å². The summed E-state index contributed by atoms with van der Waals surface area (Å²) >= 11 is 1.60. The monoisotopic (exact) mass is 368 g/mol. The molecule has 1 fully saturated rings. The lowest BCUT2D eigenvalue weighted by molar-refractivity contribution is -0.128. The first-order valence-electron chi connectivity index (χ1n) is 8.40. The van der Waals surface area contributed by atoms with Crippen LogP contribution in [-0.4, -0.2) is 35.8 Å². The molecule has 1 saturated heterocycles. The second kappa shape index (κ2) is 6.96. The number of carbonyl (C=O) groups is 1. The fourth-order valence-corrected chi connectivity index (χ4v) is 4.63. The highest BCUT2D eigenvalue weighted by Gasteiger charge is 2.36. The van der Waals surface area contributed by atoms with Crippen molar-refractivity contribution in [1.82, 2.24) is 9.88 Å². The number of nitrogens with zero attached hydrogens (tertiary/aromatic N) is 1. The minimum atomic E-state index is -0.139. The number of aromatic nitrogens is 1. The zero-order valence-electron chi connectivity index (χ0n) is 14.7. The van der Waals surface area contributed by atoms with E-state index in [-0.39, 0.29) is 11.3 Å².